The van der Waals surface area contributed by atoms with Crippen molar-refractivity contribution in [3.05, 3.63) is 60.0 Å². The summed E-state index contributed by atoms with van der Waals surface area (Å²) in [5.74, 6) is 0.691. The normalized spacial score (nSPS) is 14.8. The van der Waals surface area contributed by atoms with Crippen LogP contribution in [0.4, 0.5) is 10.5 Å². The number of anilines is 1. The summed E-state index contributed by atoms with van der Waals surface area (Å²) in [6.07, 6.45) is 3.65. The summed E-state index contributed by atoms with van der Waals surface area (Å²) in [7, 11) is 4.84. The van der Waals surface area contributed by atoms with E-state index in [0.29, 0.717) is 52.5 Å². The Morgan fingerprint density at radius 1 is 1.14 bits per heavy atom. The summed E-state index contributed by atoms with van der Waals surface area (Å²) in [6.45, 7) is 6.61. The van der Waals surface area contributed by atoms with Crippen LogP contribution < -0.4 is 10.1 Å². The zero-order valence-electron chi connectivity index (χ0n) is 25.1. The van der Waals surface area contributed by atoms with E-state index in [1.807, 2.05) is 45.0 Å². The Bertz CT molecular complexity index is 1730. The minimum absolute atomic E-state index is 0.00581. The number of hydrogen-bond acceptors (Lipinski definition) is 9. The van der Waals surface area contributed by atoms with Gasteiger partial charge in [-0.1, -0.05) is 6.07 Å². The van der Waals surface area contributed by atoms with Crippen molar-refractivity contribution in [2.45, 2.75) is 38.8 Å². The Morgan fingerprint density at radius 2 is 1.93 bits per heavy atom. The molecule has 1 saturated heterocycles. The SMILES string of the molecule is COc1cc(C(=O)N(C)C)ncc1-c1cc2nccc(-c3ccc(NC4CCN(C(=O)OC(C)(C)C)C4)c(C#N)c3)c2o1. The van der Waals surface area contributed by atoms with Gasteiger partial charge in [-0.25, -0.2) is 4.79 Å². The van der Waals surface area contributed by atoms with E-state index in [2.05, 4.69) is 21.4 Å². The maximum absolute atomic E-state index is 12.5. The fraction of sp³-hybridized carbons (Fsp3) is 0.344. The Morgan fingerprint density at radius 3 is 2.63 bits per heavy atom. The van der Waals surface area contributed by atoms with Crippen molar-refractivity contribution in [3.8, 4) is 34.3 Å². The quantitative estimate of drug-likeness (QED) is 0.310. The summed E-state index contributed by atoms with van der Waals surface area (Å²) in [5, 5.41) is 13.4. The topological polar surface area (TPSA) is 134 Å². The van der Waals surface area contributed by atoms with Gasteiger partial charge in [0.1, 0.15) is 34.4 Å². The summed E-state index contributed by atoms with van der Waals surface area (Å²) in [6, 6.07) is 13.1. The Hall–Kier alpha value is -5.11. The number of nitrogens with zero attached hydrogens (tertiary/aromatic N) is 5. The molecule has 4 aromatic rings. The van der Waals surface area contributed by atoms with Crippen LogP contribution in [0.3, 0.4) is 0 Å². The average Bonchev–Trinajstić information content (AvgIpc) is 3.63. The van der Waals surface area contributed by atoms with Gasteiger partial charge in [-0.15, -0.1) is 0 Å². The molecule has 43 heavy (non-hydrogen) atoms. The molecule has 2 amide bonds. The van der Waals surface area contributed by atoms with E-state index in [1.54, 1.807) is 43.5 Å². The number of furan rings is 1. The lowest BCUT2D eigenvalue weighted by atomic mass is 10.0. The summed E-state index contributed by atoms with van der Waals surface area (Å²) < 4.78 is 17.3. The lowest BCUT2D eigenvalue weighted by Gasteiger charge is -2.24. The van der Waals surface area contributed by atoms with Gasteiger partial charge in [-0.2, -0.15) is 5.26 Å². The zero-order chi connectivity index (χ0) is 30.9. The third-order valence-corrected chi connectivity index (χ3v) is 7.04. The standard InChI is InChI=1S/C32H34N6O5/c1-32(2,3)43-31(40)38-12-10-21(18-38)36-24-8-7-19(13-20(24)16-33)22-9-11-34-25-14-28(42-29(22)25)23-17-35-26(15-27(23)41-6)30(39)37(4)5/h7-9,11,13-15,17,21,36H,10,12,18H2,1-6H3. The highest BCUT2D eigenvalue weighted by Gasteiger charge is 2.30. The largest absolute Gasteiger partial charge is 0.496 e. The third-order valence-electron chi connectivity index (χ3n) is 7.04. The molecule has 1 aromatic carbocycles. The van der Waals surface area contributed by atoms with Crippen LogP contribution in [0, 0.1) is 11.3 Å². The van der Waals surface area contributed by atoms with Gasteiger partial charge in [-0.05, 0) is 51.0 Å². The number of carbonyl (C=O) groups excluding carboxylic acids is 2. The molecule has 0 aliphatic carbocycles. The second-order valence-electron chi connectivity index (χ2n) is 11.6. The second-order valence-corrected chi connectivity index (χ2v) is 11.6. The third kappa shape index (κ3) is 6.23. The molecule has 5 rings (SSSR count). The first-order valence-electron chi connectivity index (χ1n) is 13.9. The number of rotatable bonds is 6. The Balaban J connectivity index is 1.40. The smallest absolute Gasteiger partial charge is 0.410 e. The van der Waals surface area contributed by atoms with Crippen molar-refractivity contribution >= 4 is 28.8 Å². The first-order valence-corrected chi connectivity index (χ1v) is 13.9. The van der Waals surface area contributed by atoms with Crippen molar-refractivity contribution in [1.82, 2.24) is 19.8 Å². The predicted octanol–water partition coefficient (Wildman–Crippen LogP) is 5.56. The molecule has 1 fully saturated rings. The van der Waals surface area contributed by atoms with Crippen molar-refractivity contribution in [2.75, 3.05) is 39.6 Å². The lowest BCUT2D eigenvalue weighted by molar-refractivity contribution is 0.0293. The van der Waals surface area contributed by atoms with Gasteiger partial charge in [0.15, 0.2) is 5.58 Å². The van der Waals surface area contributed by atoms with E-state index in [9.17, 15) is 14.9 Å². The fourth-order valence-electron chi connectivity index (χ4n) is 4.96. The lowest BCUT2D eigenvalue weighted by Crippen LogP contribution is -2.36. The molecule has 4 heterocycles. The van der Waals surface area contributed by atoms with Gasteiger partial charge in [0, 0.05) is 63.3 Å². The highest BCUT2D eigenvalue weighted by Crippen LogP contribution is 2.38. The van der Waals surface area contributed by atoms with E-state index in [1.165, 1.54) is 12.0 Å². The van der Waals surface area contributed by atoms with E-state index < -0.39 is 5.60 Å². The monoisotopic (exact) mass is 582 g/mol. The van der Waals surface area contributed by atoms with Crippen LogP contribution in [0.1, 0.15) is 43.2 Å². The predicted molar refractivity (Wildman–Crippen MR) is 162 cm³/mol. The van der Waals surface area contributed by atoms with Crippen LogP contribution in [0.15, 0.2) is 53.2 Å². The van der Waals surface area contributed by atoms with Crippen molar-refractivity contribution in [1.29, 1.82) is 5.26 Å². The van der Waals surface area contributed by atoms with Gasteiger partial charge < -0.3 is 29.0 Å². The van der Waals surface area contributed by atoms with Crippen molar-refractivity contribution in [3.63, 3.8) is 0 Å². The Kier molecular flexibility index (Phi) is 7.96. The van der Waals surface area contributed by atoms with Gasteiger partial charge in [0.05, 0.1) is 23.9 Å². The molecule has 1 atom stereocenters. The number of likely N-dealkylation sites (tertiary alicyclic amines) is 1. The van der Waals surface area contributed by atoms with Crippen molar-refractivity contribution in [2.24, 2.45) is 0 Å². The molecule has 3 aromatic heterocycles. The molecule has 1 aliphatic heterocycles. The number of aromatic nitrogens is 2. The molecular formula is C32H34N6O5. The molecule has 1 unspecified atom stereocenters. The van der Waals surface area contributed by atoms with Crippen LogP contribution in [-0.4, -0.2) is 77.7 Å². The molecular weight excluding hydrogens is 548 g/mol. The van der Waals surface area contributed by atoms with E-state index in [4.69, 9.17) is 13.9 Å². The summed E-state index contributed by atoms with van der Waals surface area (Å²) in [4.78, 5) is 36.8. The number of ether oxygens (including phenoxy) is 2. The van der Waals surface area contributed by atoms with E-state index >= 15 is 0 Å². The average molecular weight is 583 g/mol. The van der Waals surface area contributed by atoms with Crippen LogP contribution in [0.25, 0.3) is 33.6 Å². The molecule has 11 nitrogen and oxygen atoms in total. The zero-order valence-corrected chi connectivity index (χ0v) is 25.1. The highest BCUT2D eigenvalue weighted by molar-refractivity contribution is 5.95. The molecule has 1 N–H and O–H groups in total. The first kappa shape index (κ1) is 29.4. The maximum atomic E-state index is 12.5. The molecule has 11 heteroatoms. The van der Waals surface area contributed by atoms with Crippen LogP contribution in [0.5, 0.6) is 5.75 Å². The van der Waals surface area contributed by atoms with Crippen molar-refractivity contribution < 1.29 is 23.5 Å². The van der Waals surface area contributed by atoms with Crippen LogP contribution in [-0.2, 0) is 4.74 Å². The maximum Gasteiger partial charge on any atom is 0.410 e. The number of fused-ring (bicyclic) bond motifs is 1. The molecule has 0 saturated carbocycles. The first-order chi connectivity index (χ1) is 20.5. The number of benzene rings is 1. The summed E-state index contributed by atoms with van der Waals surface area (Å²) >= 11 is 0. The molecule has 1 aliphatic rings. The van der Waals surface area contributed by atoms with E-state index in [0.717, 1.165) is 17.5 Å². The van der Waals surface area contributed by atoms with E-state index in [-0.39, 0.29) is 23.7 Å². The number of hydrogen-bond donors (Lipinski definition) is 1. The minimum atomic E-state index is -0.556. The number of amides is 2. The Labute approximate surface area is 250 Å². The second kappa shape index (κ2) is 11.6. The number of nitriles is 1. The number of carbonyl (C=O) groups is 2. The molecule has 222 valence electrons. The molecule has 0 spiro atoms. The number of pyridine rings is 2. The van der Waals surface area contributed by atoms with Gasteiger partial charge in [0.2, 0.25) is 0 Å². The highest BCUT2D eigenvalue weighted by atomic mass is 16.6. The molecule has 0 bridgehead atoms. The minimum Gasteiger partial charge on any atom is -0.496 e. The van der Waals surface area contributed by atoms with Crippen LogP contribution in [0.2, 0.25) is 0 Å². The van der Waals surface area contributed by atoms with Gasteiger partial charge in [0.25, 0.3) is 5.91 Å². The van der Waals surface area contributed by atoms with Gasteiger partial charge in [-0.3, -0.25) is 14.8 Å². The fourth-order valence-corrected chi connectivity index (χ4v) is 4.96. The number of methoxy groups -OCH3 is 1. The number of nitrogens with one attached hydrogen (secondary N) is 1. The van der Waals surface area contributed by atoms with Gasteiger partial charge >= 0.3 is 6.09 Å². The summed E-state index contributed by atoms with van der Waals surface area (Å²) in [5.41, 5.74) is 4.16. The van der Waals surface area contributed by atoms with Crippen LogP contribution >= 0.6 is 0 Å². The molecule has 0 radical (unpaired) electrons.